The summed E-state index contributed by atoms with van der Waals surface area (Å²) in [4.78, 5) is 24.9. The zero-order valence-corrected chi connectivity index (χ0v) is 13.9. The van der Waals surface area contributed by atoms with Crippen LogP contribution >= 0.6 is 0 Å². The van der Waals surface area contributed by atoms with Crippen LogP contribution in [0.1, 0.15) is 25.0 Å². The van der Waals surface area contributed by atoms with Crippen molar-refractivity contribution in [1.29, 1.82) is 0 Å². The summed E-state index contributed by atoms with van der Waals surface area (Å²) in [6.07, 6.45) is 0. The van der Waals surface area contributed by atoms with Gasteiger partial charge in [0.25, 0.3) is 0 Å². The van der Waals surface area contributed by atoms with Gasteiger partial charge in [-0.2, -0.15) is 0 Å². The zero-order chi connectivity index (χ0) is 17.0. The van der Waals surface area contributed by atoms with Crippen molar-refractivity contribution < 1.29 is 9.59 Å². The van der Waals surface area contributed by atoms with Crippen LogP contribution in [-0.2, 0) is 9.59 Å². The van der Waals surface area contributed by atoms with Gasteiger partial charge in [0.1, 0.15) is 5.41 Å². The van der Waals surface area contributed by atoms with Gasteiger partial charge >= 0.3 is 0 Å². The van der Waals surface area contributed by atoms with E-state index in [2.05, 4.69) is 10.6 Å². The lowest BCUT2D eigenvalue weighted by Gasteiger charge is -2.23. The van der Waals surface area contributed by atoms with Gasteiger partial charge in [0, 0.05) is 11.4 Å². The standard InChI is InChI=1S/C19H22N2O2/c1-13-10-11-16(12-14(13)2)21-18(23)19(3,4)17(22)20-15-8-6-5-7-9-15/h5-12H,1-4H3,(H,20,22)(H,21,23). The molecule has 4 nitrogen and oxygen atoms in total. The van der Waals surface area contributed by atoms with Gasteiger partial charge in [0.05, 0.1) is 0 Å². The molecule has 0 atom stereocenters. The normalized spacial score (nSPS) is 11.0. The Kier molecular flexibility index (Phi) is 4.84. The van der Waals surface area contributed by atoms with E-state index in [9.17, 15) is 9.59 Å². The second-order valence-corrected chi connectivity index (χ2v) is 6.20. The first-order chi connectivity index (χ1) is 10.8. The third-order valence-corrected chi connectivity index (χ3v) is 3.93. The van der Waals surface area contributed by atoms with Crippen molar-refractivity contribution in [3.8, 4) is 0 Å². The number of anilines is 2. The minimum absolute atomic E-state index is 0.339. The Morgan fingerprint density at radius 2 is 1.35 bits per heavy atom. The number of hydrogen-bond donors (Lipinski definition) is 2. The smallest absolute Gasteiger partial charge is 0.239 e. The molecule has 0 aliphatic carbocycles. The molecule has 0 spiro atoms. The molecule has 4 heteroatoms. The lowest BCUT2D eigenvalue weighted by Crippen LogP contribution is -2.41. The number of rotatable bonds is 4. The first-order valence-corrected chi connectivity index (χ1v) is 7.56. The highest BCUT2D eigenvalue weighted by atomic mass is 16.2. The monoisotopic (exact) mass is 310 g/mol. The Bertz CT molecular complexity index is 721. The van der Waals surface area contributed by atoms with E-state index in [1.165, 1.54) is 0 Å². The lowest BCUT2D eigenvalue weighted by atomic mass is 9.90. The summed E-state index contributed by atoms with van der Waals surface area (Å²) in [6.45, 7) is 7.22. The molecule has 0 unspecified atom stereocenters. The second-order valence-electron chi connectivity index (χ2n) is 6.20. The lowest BCUT2D eigenvalue weighted by molar-refractivity contribution is -0.135. The number of carbonyl (C=O) groups is 2. The Morgan fingerprint density at radius 1 is 0.783 bits per heavy atom. The average Bonchev–Trinajstić information content (AvgIpc) is 2.51. The van der Waals surface area contributed by atoms with Crippen LogP contribution in [0.15, 0.2) is 48.5 Å². The van der Waals surface area contributed by atoms with Gasteiger partial charge in [-0.1, -0.05) is 24.3 Å². The summed E-state index contributed by atoms with van der Waals surface area (Å²) in [6, 6.07) is 14.8. The van der Waals surface area contributed by atoms with Gasteiger partial charge in [-0.15, -0.1) is 0 Å². The Balaban J connectivity index is 2.09. The fourth-order valence-electron chi connectivity index (χ4n) is 2.02. The van der Waals surface area contributed by atoms with Gasteiger partial charge in [-0.3, -0.25) is 9.59 Å². The van der Waals surface area contributed by atoms with Crippen molar-refractivity contribution in [2.24, 2.45) is 5.41 Å². The van der Waals surface area contributed by atoms with E-state index in [1.807, 2.05) is 50.2 Å². The van der Waals surface area contributed by atoms with Gasteiger partial charge in [0.15, 0.2) is 0 Å². The van der Waals surface area contributed by atoms with Crippen molar-refractivity contribution >= 4 is 23.2 Å². The maximum absolute atomic E-state index is 12.5. The Hall–Kier alpha value is -2.62. The Morgan fingerprint density at radius 3 is 1.91 bits per heavy atom. The maximum atomic E-state index is 12.5. The van der Waals surface area contributed by atoms with Crippen LogP contribution in [-0.4, -0.2) is 11.8 Å². The number of hydrogen-bond acceptors (Lipinski definition) is 2. The molecule has 0 heterocycles. The zero-order valence-electron chi connectivity index (χ0n) is 13.9. The number of aryl methyl sites for hydroxylation is 2. The molecule has 0 bridgehead atoms. The first kappa shape index (κ1) is 16.7. The SMILES string of the molecule is Cc1ccc(NC(=O)C(C)(C)C(=O)Nc2ccccc2)cc1C. The summed E-state index contributed by atoms with van der Waals surface area (Å²) in [5.74, 6) is -0.681. The molecule has 2 aromatic carbocycles. The minimum atomic E-state index is -1.19. The molecule has 0 saturated heterocycles. The quantitative estimate of drug-likeness (QED) is 0.841. The molecule has 2 amide bonds. The molecule has 0 saturated carbocycles. The predicted octanol–water partition coefficient (Wildman–Crippen LogP) is 3.91. The maximum Gasteiger partial charge on any atom is 0.239 e. The van der Waals surface area contributed by atoms with Crippen LogP contribution in [0.5, 0.6) is 0 Å². The van der Waals surface area contributed by atoms with E-state index in [4.69, 9.17) is 0 Å². The van der Waals surface area contributed by atoms with Crippen LogP contribution in [0.4, 0.5) is 11.4 Å². The molecular weight excluding hydrogens is 288 g/mol. The van der Waals surface area contributed by atoms with Crippen molar-refractivity contribution in [1.82, 2.24) is 0 Å². The van der Waals surface area contributed by atoms with Crippen LogP contribution in [0, 0.1) is 19.3 Å². The average molecular weight is 310 g/mol. The van der Waals surface area contributed by atoms with E-state index in [0.29, 0.717) is 11.4 Å². The van der Waals surface area contributed by atoms with Crippen molar-refractivity contribution in [3.63, 3.8) is 0 Å². The molecular formula is C19H22N2O2. The number of benzene rings is 2. The molecule has 0 radical (unpaired) electrons. The predicted molar refractivity (Wildman–Crippen MR) is 93.4 cm³/mol. The van der Waals surface area contributed by atoms with Gasteiger partial charge in [0.2, 0.25) is 11.8 Å². The third kappa shape index (κ3) is 3.97. The highest BCUT2D eigenvalue weighted by molar-refractivity contribution is 6.14. The van der Waals surface area contributed by atoms with E-state index >= 15 is 0 Å². The van der Waals surface area contributed by atoms with Crippen LogP contribution < -0.4 is 10.6 Å². The molecule has 0 aliphatic heterocycles. The summed E-state index contributed by atoms with van der Waals surface area (Å²) < 4.78 is 0. The molecule has 2 rings (SSSR count). The molecule has 23 heavy (non-hydrogen) atoms. The Labute approximate surface area is 136 Å². The molecule has 0 fully saturated rings. The topological polar surface area (TPSA) is 58.2 Å². The summed E-state index contributed by atoms with van der Waals surface area (Å²) in [7, 11) is 0. The largest absolute Gasteiger partial charge is 0.325 e. The van der Waals surface area contributed by atoms with Gasteiger partial charge < -0.3 is 10.6 Å². The summed E-state index contributed by atoms with van der Waals surface area (Å²) in [5, 5.41) is 5.59. The minimum Gasteiger partial charge on any atom is -0.325 e. The fraction of sp³-hybridized carbons (Fsp3) is 0.263. The first-order valence-electron chi connectivity index (χ1n) is 7.56. The van der Waals surface area contributed by atoms with Crippen LogP contribution in [0.3, 0.4) is 0 Å². The van der Waals surface area contributed by atoms with Crippen molar-refractivity contribution in [3.05, 3.63) is 59.7 Å². The summed E-state index contributed by atoms with van der Waals surface area (Å²) >= 11 is 0. The molecule has 2 N–H and O–H groups in total. The van der Waals surface area contributed by atoms with E-state index in [0.717, 1.165) is 11.1 Å². The van der Waals surface area contributed by atoms with E-state index in [-0.39, 0.29) is 11.8 Å². The molecule has 120 valence electrons. The van der Waals surface area contributed by atoms with Crippen molar-refractivity contribution in [2.75, 3.05) is 10.6 Å². The highest BCUT2D eigenvalue weighted by Crippen LogP contribution is 2.22. The van der Waals surface area contributed by atoms with Crippen LogP contribution in [0.25, 0.3) is 0 Å². The number of nitrogens with one attached hydrogen (secondary N) is 2. The summed E-state index contributed by atoms with van der Waals surface area (Å²) in [5.41, 5.74) is 2.43. The fourth-order valence-corrected chi connectivity index (χ4v) is 2.02. The molecule has 2 aromatic rings. The molecule has 0 aliphatic rings. The van der Waals surface area contributed by atoms with Gasteiger partial charge in [-0.25, -0.2) is 0 Å². The van der Waals surface area contributed by atoms with E-state index < -0.39 is 5.41 Å². The number of carbonyl (C=O) groups excluding carboxylic acids is 2. The third-order valence-electron chi connectivity index (χ3n) is 3.93. The number of amides is 2. The van der Waals surface area contributed by atoms with Crippen LogP contribution in [0.2, 0.25) is 0 Å². The van der Waals surface area contributed by atoms with E-state index in [1.54, 1.807) is 26.0 Å². The molecule has 0 aromatic heterocycles. The van der Waals surface area contributed by atoms with Crippen molar-refractivity contribution in [2.45, 2.75) is 27.7 Å². The van der Waals surface area contributed by atoms with Gasteiger partial charge in [-0.05, 0) is 63.1 Å². The highest BCUT2D eigenvalue weighted by Gasteiger charge is 2.36. The number of para-hydroxylation sites is 1. The second kappa shape index (κ2) is 6.65.